The van der Waals surface area contributed by atoms with Gasteiger partial charge in [0.2, 0.25) is 15.9 Å². The summed E-state index contributed by atoms with van der Waals surface area (Å²) in [5.74, 6) is 0.173. The fraction of sp³-hybridized carbons (Fsp3) is 0.600. The first kappa shape index (κ1) is 19.8. The van der Waals surface area contributed by atoms with E-state index in [0.717, 1.165) is 44.1 Å². The van der Waals surface area contributed by atoms with Gasteiger partial charge >= 0.3 is 0 Å². The lowest BCUT2D eigenvalue weighted by Gasteiger charge is -2.29. The number of hydrogen-bond acceptors (Lipinski definition) is 4. The second-order valence-corrected chi connectivity index (χ2v) is 9.24. The molecule has 1 saturated heterocycles. The Balaban J connectivity index is 1.50. The van der Waals surface area contributed by atoms with Gasteiger partial charge in [0.05, 0.1) is 11.0 Å². The molecule has 1 aromatic rings. The highest BCUT2D eigenvalue weighted by Gasteiger charge is 2.24. The van der Waals surface area contributed by atoms with Gasteiger partial charge in [-0.05, 0) is 49.8 Å². The fourth-order valence-electron chi connectivity index (χ4n) is 3.83. The molecule has 6 nitrogen and oxygen atoms in total. The van der Waals surface area contributed by atoms with E-state index >= 15 is 0 Å². The maximum atomic E-state index is 12.4. The summed E-state index contributed by atoms with van der Waals surface area (Å²) in [6, 6.07) is 9.14. The zero-order chi connectivity index (χ0) is 19.3. The molecule has 146 valence electrons. The van der Waals surface area contributed by atoms with Crippen molar-refractivity contribution in [1.82, 2.24) is 9.62 Å². The molecular weight excluding hydrogens is 362 g/mol. The van der Waals surface area contributed by atoms with Gasteiger partial charge in [-0.25, -0.2) is 13.1 Å². The van der Waals surface area contributed by atoms with Gasteiger partial charge in [-0.15, -0.1) is 0 Å². The molecule has 2 aliphatic rings. The van der Waals surface area contributed by atoms with Crippen LogP contribution in [0, 0.1) is 17.2 Å². The van der Waals surface area contributed by atoms with Crippen LogP contribution in [0.4, 0.5) is 0 Å². The number of sulfonamides is 1. The predicted octanol–water partition coefficient (Wildman–Crippen LogP) is 2.60. The topological polar surface area (TPSA) is 90.3 Å². The van der Waals surface area contributed by atoms with Crippen molar-refractivity contribution in [2.24, 2.45) is 5.92 Å². The third-order valence-corrected chi connectivity index (χ3v) is 7.10. The van der Waals surface area contributed by atoms with Crippen LogP contribution in [0.1, 0.15) is 50.5 Å². The number of hydrogen-bond donors (Lipinski definition) is 1. The van der Waals surface area contributed by atoms with Gasteiger partial charge in [-0.3, -0.25) is 4.79 Å². The van der Waals surface area contributed by atoms with Crippen LogP contribution in [0.15, 0.2) is 29.2 Å². The standard InChI is InChI=1S/C20H27N3O3S/c21-15-17-11-13-23(14-12-17)20(24)10-7-16-5-8-19(9-6-16)27(25,26)22-18-3-1-2-4-18/h5-6,8-9,17-18,22H,1-4,7,10-14H2. The van der Waals surface area contributed by atoms with Crippen molar-refractivity contribution < 1.29 is 13.2 Å². The van der Waals surface area contributed by atoms with Crippen LogP contribution in [-0.4, -0.2) is 38.4 Å². The lowest BCUT2D eigenvalue weighted by molar-refractivity contribution is -0.132. The third-order valence-electron chi connectivity index (χ3n) is 5.57. The molecule has 0 atom stereocenters. The van der Waals surface area contributed by atoms with Crippen molar-refractivity contribution in [3.8, 4) is 6.07 Å². The molecule has 0 spiro atoms. The van der Waals surface area contributed by atoms with Crippen molar-refractivity contribution >= 4 is 15.9 Å². The highest BCUT2D eigenvalue weighted by molar-refractivity contribution is 7.89. The number of aryl methyl sites for hydroxylation is 1. The van der Waals surface area contributed by atoms with Crippen LogP contribution >= 0.6 is 0 Å². The summed E-state index contributed by atoms with van der Waals surface area (Å²) in [6.45, 7) is 1.31. The summed E-state index contributed by atoms with van der Waals surface area (Å²) in [7, 11) is -3.47. The number of carbonyl (C=O) groups is 1. The third kappa shape index (κ3) is 5.30. The molecule has 1 amide bonds. The predicted molar refractivity (Wildman–Crippen MR) is 102 cm³/mol. The van der Waals surface area contributed by atoms with Crippen molar-refractivity contribution in [1.29, 1.82) is 5.26 Å². The van der Waals surface area contributed by atoms with Crippen molar-refractivity contribution in [2.75, 3.05) is 13.1 Å². The number of rotatable bonds is 6. The minimum absolute atomic E-state index is 0.0532. The molecule has 7 heteroatoms. The number of piperidine rings is 1. The Morgan fingerprint density at radius 1 is 1.11 bits per heavy atom. The van der Waals surface area contributed by atoms with E-state index in [-0.39, 0.29) is 22.8 Å². The molecule has 1 aliphatic heterocycles. The second-order valence-electron chi connectivity index (χ2n) is 7.53. The number of benzene rings is 1. The number of likely N-dealkylation sites (tertiary alicyclic amines) is 1. The Hall–Kier alpha value is -1.91. The summed E-state index contributed by atoms with van der Waals surface area (Å²) in [6.07, 6.45) is 6.47. The molecule has 2 fully saturated rings. The van der Waals surface area contributed by atoms with E-state index in [4.69, 9.17) is 5.26 Å². The van der Waals surface area contributed by atoms with Crippen LogP contribution in [0.3, 0.4) is 0 Å². The van der Waals surface area contributed by atoms with E-state index in [1.807, 2.05) is 4.90 Å². The summed E-state index contributed by atoms with van der Waals surface area (Å²) in [5.41, 5.74) is 0.954. The minimum Gasteiger partial charge on any atom is -0.343 e. The van der Waals surface area contributed by atoms with Crippen LogP contribution in [-0.2, 0) is 21.2 Å². The molecule has 1 saturated carbocycles. The Morgan fingerprint density at radius 2 is 1.74 bits per heavy atom. The van der Waals surface area contributed by atoms with Crippen LogP contribution < -0.4 is 4.72 Å². The smallest absolute Gasteiger partial charge is 0.240 e. The molecule has 1 aliphatic carbocycles. The molecule has 1 N–H and O–H groups in total. The summed E-state index contributed by atoms with van der Waals surface area (Å²) in [4.78, 5) is 14.4. The van der Waals surface area contributed by atoms with E-state index in [0.29, 0.717) is 25.9 Å². The van der Waals surface area contributed by atoms with Crippen molar-refractivity contribution in [2.45, 2.75) is 62.3 Å². The summed E-state index contributed by atoms with van der Waals surface area (Å²) < 4.78 is 27.6. The van der Waals surface area contributed by atoms with Crippen LogP contribution in [0.2, 0.25) is 0 Å². The Labute approximate surface area is 161 Å². The first-order valence-electron chi connectivity index (χ1n) is 9.76. The lowest BCUT2D eigenvalue weighted by atomic mass is 9.98. The van der Waals surface area contributed by atoms with Gasteiger partial charge < -0.3 is 4.90 Å². The molecule has 0 aromatic heterocycles. The van der Waals surface area contributed by atoms with Gasteiger partial charge in [0, 0.05) is 31.5 Å². The highest BCUT2D eigenvalue weighted by atomic mass is 32.2. The Bertz CT molecular complexity index is 785. The van der Waals surface area contributed by atoms with E-state index < -0.39 is 10.0 Å². The molecule has 1 aromatic carbocycles. The molecule has 0 unspecified atom stereocenters. The molecule has 27 heavy (non-hydrogen) atoms. The van der Waals surface area contributed by atoms with Gasteiger partial charge in [0.1, 0.15) is 0 Å². The maximum Gasteiger partial charge on any atom is 0.240 e. The number of carbonyl (C=O) groups excluding carboxylic acids is 1. The monoisotopic (exact) mass is 389 g/mol. The average molecular weight is 390 g/mol. The number of nitriles is 1. The zero-order valence-electron chi connectivity index (χ0n) is 15.6. The lowest BCUT2D eigenvalue weighted by Crippen LogP contribution is -2.38. The highest BCUT2D eigenvalue weighted by Crippen LogP contribution is 2.21. The molecule has 3 rings (SSSR count). The van der Waals surface area contributed by atoms with E-state index in [9.17, 15) is 13.2 Å². The van der Waals surface area contributed by atoms with Crippen molar-refractivity contribution in [3.63, 3.8) is 0 Å². The average Bonchev–Trinajstić information content (AvgIpc) is 3.19. The first-order valence-corrected chi connectivity index (χ1v) is 11.2. The second kappa shape index (κ2) is 8.85. The molecule has 1 heterocycles. The van der Waals surface area contributed by atoms with Gasteiger partial charge in [0.25, 0.3) is 0 Å². The van der Waals surface area contributed by atoms with E-state index in [2.05, 4.69) is 10.8 Å². The maximum absolute atomic E-state index is 12.4. The van der Waals surface area contributed by atoms with Gasteiger partial charge in [-0.2, -0.15) is 5.26 Å². The number of nitrogens with one attached hydrogen (secondary N) is 1. The SMILES string of the molecule is N#CC1CCN(C(=O)CCc2ccc(S(=O)(=O)NC3CCCC3)cc2)CC1. The van der Waals surface area contributed by atoms with Crippen LogP contribution in [0.25, 0.3) is 0 Å². The van der Waals surface area contributed by atoms with Crippen molar-refractivity contribution in [3.05, 3.63) is 29.8 Å². The Morgan fingerprint density at radius 3 is 2.33 bits per heavy atom. The molecule has 0 radical (unpaired) electrons. The number of nitrogens with zero attached hydrogens (tertiary/aromatic N) is 2. The minimum atomic E-state index is -3.47. The molecule has 0 bridgehead atoms. The largest absolute Gasteiger partial charge is 0.343 e. The van der Waals surface area contributed by atoms with Gasteiger partial charge in [0.15, 0.2) is 0 Å². The fourth-order valence-corrected chi connectivity index (χ4v) is 5.14. The molecular formula is C20H27N3O3S. The van der Waals surface area contributed by atoms with Crippen LogP contribution in [0.5, 0.6) is 0 Å². The first-order chi connectivity index (χ1) is 13.0. The van der Waals surface area contributed by atoms with E-state index in [1.165, 1.54) is 0 Å². The van der Waals surface area contributed by atoms with Gasteiger partial charge in [-0.1, -0.05) is 25.0 Å². The quantitative estimate of drug-likeness (QED) is 0.810. The van der Waals surface area contributed by atoms with E-state index in [1.54, 1.807) is 24.3 Å². The Kier molecular flexibility index (Phi) is 6.51. The number of amides is 1. The summed E-state index contributed by atoms with van der Waals surface area (Å²) >= 11 is 0. The summed E-state index contributed by atoms with van der Waals surface area (Å²) in [5, 5.41) is 8.93. The normalized spacial score (nSPS) is 19.1. The zero-order valence-corrected chi connectivity index (χ0v) is 16.4.